The number of hydrogen-bond acceptors (Lipinski definition) is 1. The van der Waals surface area contributed by atoms with Gasteiger partial charge in [-0.25, -0.2) is 4.39 Å². The average Bonchev–Trinajstić information content (AvgIpc) is 1.94. The van der Waals surface area contributed by atoms with Gasteiger partial charge >= 0.3 is 0 Å². The average molecular weight is 203 g/mol. The molecule has 3 heteroatoms. The molecule has 0 aromatic heterocycles. The van der Waals surface area contributed by atoms with Crippen LogP contribution in [0.1, 0.15) is 25.0 Å². The Kier molecular flexibility index (Phi) is 2.64. The van der Waals surface area contributed by atoms with E-state index in [1.54, 1.807) is 26.8 Å². The van der Waals surface area contributed by atoms with Crippen molar-refractivity contribution in [3.8, 4) is 0 Å². The van der Waals surface area contributed by atoms with Crippen LogP contribution in [0.2, 0.25) is 5.02 Å². The molecule has 13 heavy (non-hydrogen) atoms. The number of halogens is 2. The molecule has 0 saturated carbocycles. The van der Waals surface area contributed by atoms with Crippen LogP contribution < -0.4 is 0 Å². The Morgan fingerprint density at radius 3 is 2.38 bits per heavy atom. The van der Waals surface area contributed by atoms with Crippen molar-refractivity contribution in [2.45, 2.75) is 26.4 Å². The smallest absolute Gasteiger partial charge is 0.127 e. The van der Waals surface area contributed by atoms with E-state index in [0.717, 1.165) is 0 Å². The zero-order valence-corrected chi connectivity index (χ0v) is 8.61. The van der Waals surface area contributed by atoms with Crippen molar-refractivity contribution in [2.24, 2.45) is 0 Å². The molecule has 0 spiro atoms. The van der Waals surface area contributed by atoms with Crippen LogP contribution in [0.4, 0.5) is 4.39 Å². The highest BCUT2D eigenvalue weighted by Gasteiger charge is 2.20. The molecule has 0 fully saturated rings. The summed E-state index contributed by atoms with van der Waals surface area (Å²) < 4.78 is 13.2. The molecule has 72 valence electrons. The second kappa shape index (κ2) is 3.28. The van der Waals surface area contributed by atoms with Crippen LogP contribution in [0, 0.1) is 12.7 Å². The zero-order valence-electron chi connectivity index (χ0n) is 7.86. The Balaban J connectivity index is 3.37. The first-order valence-corrected chi connectivity index (χ1v) is 4.38. The van der Waals surface area contributed by atoms with Crippen LogP contribution in [0.3, 0.4) is 0 Å². The van der Waals surface area contributed by atoms with Gasteiger partial charge in [0, 0.05) is 5.02 Å². The van der Waals surface area contributed by atoms with E-state index in [4.69, 9.17) is 11.6 Å². The summed E-state index contributed by atoms with van der Waals surface area (Å²) in [5.74, 6) is -0.385. The maximum atomic E-state index is 13.2. The lowest BCUT2D eigenvalue weighted by Gasteiger charge is -2.20. The van der Waals surface area contributed by atoms with Gasteiger partial charge in [0.05, 0.1) is 5.60 Å². The Labute approximate surface area is 82.2 Å². The van der Waals surface area contributed by atoms with E-state index in [1.807, 2.05) is 0 Å². The van der Waals surface area contributed by atoms with Crippen LogP contribution in [-0.4, -0.2) is 5.11 Å². The van der Waals surface area contributed by atoms with Crippen molar-refractivity contribution < 1.29 is 9.50 Å². The van der Waals surface area contributed by atoms with Crippen LogP contribution >= 0.6 is 11.6 Å². The second-order valence-electron chi connectivity index (χ2n) is 3.62. The molecule has 0 radical (unpaired) electrons. The van der Waals surface area contributed by atoms with Gasteiger partial charge in [0.25, 0.3) is 0 Å². The molecule has 0 aliphatic carbocycles. The SMILES string of the molecule is Cc1c(F)cc(Cl)cc1C(C)(C)O. The van der Waals surface area contributed by atoms with Crippen LogP contribution in [0.15, 0.2) is 12.1 Å². The van der Waals surface area contributed by atoms with Gasteiger partial charge < -0.3 is 5.11 Å². The highest BCUT2D eigenvalue weighted by molar-refractivity contribution is 6.30. The van der Waals surface area contributed by atoms with Gasteiger partial charge in [-0.15, -0.1) is 0 Å². The first-order valence-electron chi connectivity index (χ1n) is 4.01. The van der Waals surface area contributed by atoms with Crippen LogP contribution in [0.5, 0.6) is 0 Å². The third-order valence-corrected chi connectivity index (χ3v) is 2.19. The summed E-state index contributed by atoms with van der Waals surface area (Å²) in [7, 11) is 0. The molecule has 0 heterocycles. The van der Waals surface area contributed by atoms with Gasteiger partial charge in [-0.1, -0.05) is 11.6 Å². The largest absolute Gasteiger partial charge is 0.386 e. The minimum atomic E-state index is -1.06. The fourth-order valence-corrected chi connectivity index (χ4v) is 1.49. The molecule has 1 aromatic carbocycles. The predicted octanol–water partition coefficient (Wildman–Crippen LogP) is 3.01. The van der Waals surface area contributed by atoms with Gasteiger partial charge in [0.15, 0.2) is 0 Å². The topological polar surface area (TPSA) is 20.2 Å². The number of rotatable bonds is 1. The molecule has 0 bridgehead atoms. The van der Waals surface area contributed by atoms with Crippen molar-refractivity contribution in [1.29, 1.82) is 0 Å². The van der Waals surface area contributed by atoms with Gasteiger partial charge in [0.2, 0.25) is 0 Å². The lowest BCUT2D eigenvalue weighted by atomic mass is 9.94. The molecule has 1 rings (SSSR count). The molecule has 0 saturated heterocycles. The van der Waals surface area contributed by atoms with Crippen molar-refractivity contribution in [3.05, 3.63) is 34.1 Å². The normalized spacial score (nSPS) is 11.8. The van der Waals surface area contributed by atoms with Gasteiger partial charge in [-0.05, 0) is 44.0 Å². The quantitative estimate of drug-likeness (QED) is 0.742. The Morgan fingerprint density at radius 1 is 1.38 bits per heavy atom. The van der Waals surface area contributed by atoms with Crippen molar-refractivity contribution in [3.63, 3.8) is 0 Å². The summed E-state index contributed by atoms with van der Waals surface area (Å²) in [6, 6.07) is 2.83. The Bertz CT molecular complexity index is 328. The summed E-state index contributed by atoms with van der Waals surface area (Å²) in [5, 5.41) is 10.00. The third-order valence-electron chi connectivity index (χ3n) is 1.97. The Hall–Kier alpha value is -0.600. The van der Waals surface area contributed by atoms with E-state index in [2.05, 4.69) is 0 Å². The number of hydrogen-bond donors (Lipinski definition) is 1. The van der Waals surface area contributed by atoms with E-state index in [0.29, 0.717) is 16.1 Å². The van der Waals surface area contributed by atoms with Gasteiger partial charge in [-0.3, -0.25) is 0 Å². The molecule has 0 unspecified atom stereocenters. The van der Waals surface area contributed by atoms with Crippen molar-refractivity contribution in [1.82, 2.24) is 0 Å². The fourth-order valence-electron chi connectivity index (χ4n) is 1.28. The highest BCUT2D eigenvalue weighted by Crippen LogP contribution is 2.28. The van der Waals surface area contributed by atoms with E-state index >= 15 is 0 Å². The van der Waals surface area contributed by atoms with Crippen molar-refractivity contribution >= 4 is 11.6 Å². The highest BCUT2D eigenvalue weighted by atomic mass is 35.5. The molecule has 1 aromatic rings. The van der Waals surface area contributed by atoms with Gasteiger partial charge in [-0.2, -0.15) is 0 Å². The molecular weight excluding hydrogens is 191 g/mol. The summed E-state index contributed by atoms with van der Waals surface area (Å²) >= 11 is 5.68. The van der Waals surface area contributed by atoms with E-state index in [1.165, 1.54) is 6.07 Å². The summed E-state index contributed by atoms with van der Waals surface area (Å²) in [6.07, 6.45) is 0. The molecular formula is C10H12ClFO. The lowest BCUT2D eigenvalue weighted by Crippen LogP contribution is -2.17. The predicted molar refractivity (Wildman–Crippen MR) is 51.4 cm³/mol. The minimum Gasteiger partial charge on any atom is -0.386 e. The summed E-state index contributed by atoms with van der Waals surface area (Å²) in [6.45, 7) is 4.83. The van der Waals surface area contributed by atoms with Gasteiger partial charge in [0.1, 0.15) is 5.82 Å². The zero-order chi connectivity index (χ0) is 10.2. The van der Waals surface area contributed by atoms with Crippen LogP contribution in [-0.2, 0) is 5.60 Å². The maximum absolute atomic E-state index is 13.2. The third kappa shape index (κ3) is 2.20. The van der Waals surface area contributed by atoms with Crippen molar-refractivity contribution in [2.75, 3.05) is 0 Å². The first-order chi connectivity index (χ1) is 5.82. The molecule has 0 amide bonds. The molecule has 1 nitrogen and oxygen atoms in total. The monoisotopic (exact) mass is 202 g/mol. The maximum Gasteiger partial charge on any atom is 0.127 e. The van der Waals surface area contributed by atoms with Crippen LogP contribution in [0.25, 0.3) is 0 Å². The molecule has 0 aliphatic rings. The standard InChI is InChI=1S/C10H12ClFO/c1-6-8(10(2,3)13)4-7(11)5-9(6)12/h4-5,13H,1-3H3. The number of benzene rings is 1. The molecule has 0 atom stereocenters. The summed E-state index contributed by atoms with van der Waals surface area (Å²) in [4.78, 5) is 0. The first kappa shape index (κ1) is 10.5. The fraction of sp³-hybridized carbons (Fsp3) is 0.400. The molecule has 0 aliphatic heterocycles. The second-order valence-corrected chi connectivity index (χ2v) is 4.06. The van der Waals surface area contributed by atoms with E-state index in [-0.39, 0.29) is 5.82 Å². The Morgan fingerprint density at radius 2 is 1.92 bits per heavy atom. The van der Waals surface area contributed by atoms with E-state index in [9.17, 15) is 9.50 Å². The van der Waals surface area contributed by atoms with E-state index < -0.39 is 5.60 Å². The lowest BCUT2D eigenvalue weighted by molar-refractivity contribution is 0.0775. The number of aliphatic hydroxyl groups is 1. The summed E-state index contributed by atoms with van der Waals surface area (Å²) in [5.41, 5.74) is -0.0927. The molecule has 1 N–H and O–H groups in total. The minimum absolute atomic E-state index is 0.306.